The van der Waals surface area contributed by atoms with Crippen LogP contribution in [0, 0.1) is 0 Å². The lowest BCUT2D eigenvalue weighted by atomic mass is 11.2. The minimum atomic E-state index is -4.20. The second-order valence-electron chi connectivity index (χ2n) is 0.759. The second-order valence-corrected chi connectivity index (χ2v) is 0.759. The summed E-state index contributed by atoms with van der Waals surface area (Å²) in [5, 5.41) is 14.8. The van der Waals surface area contributed by atoms with Crippen LogP contribution in [-0.2, 0) is 4.74 Å². The fourth-order valence-corrected chi connectivity index (χ4v) is 0.0777. The molecule has 2 N–H and O–H groups in total. The molecule has 0 saturated heterocycles. The number of ether oxygens (including phenoxy) is 1. The Morgan fingerprint density at radius 2 is 2.00 bits per heavy atom. The maximum atomic E-state index is 10.9. The standard InChI is InChI=1S/C2H4F2O3/c3-2(4,6)7-1-5/h5-6H,1H2. The summed E-state index contributed by atoms with van der Waals surface area (Å²) >= 11 is 0. The average Bonchev–Trinajstić information content (AvgIpc) is 1.30. The Morgan fingerprint density at radius 1 is 1.57 bits per heavy atom. The molecule has 0 spiro atoms. The monoisotopic (exact) mass is 114 g/mol. The number of halogens is 2. The summed E-state index contributed by atoms with van der Waals surface area (Å²) in [5.41, 5.74) is 0. The van der Waals surface area contributed by atoms with Gasteiger partial charge in [-0.15, -0.1) is 8.78 Å². The Morgan fingerprint density at radius 3 is 2.00 bits per heavy atom. The van der Waals surface area contributed by atoms with Gasteiger partial charge < -0.3 is 10.2 Å². The van der Waals surface area contributed by atoms with E-state index < -0.39 is 13.1 Å². The van der Waals surface area contributed by atoms with Crippen molar-refractivity contribution in [3.8, 4) is 0 Å². The normalized spacial score (nSPS) is 12.0. The van der Waals surface area contributed by atoms with Crippen LogP contribution < -0.4 is 0 Å². The van der Waals surface area contributed by atoms with Crippen molar-refractivity contribution in [3.63, 3.8) is 0 Å². The zero-order valence-electron chi connectivity index (χ0n) is 3.27. The van der Waals surface area contributed by atoms with Gasteiger partial charge in [-0.05, 0) is 0 Å². The topological polar surface area (TPSA) is 49.7 Å². The van der Waals surface area contributed by atoms with E-state index in [2.05, 4.69) is 4.74 Å². The maximum Gasteiger partial charge on any atom is 0.484 e. The average molecular weight is 114 g/mol. The van der Waals surface area contributed by atoms with Gasteiger partial charge in [0.2, 0.25) is 0 Å². The summed E-state index contributed by atoms with van der Waals surface area (Å²) < 4.78 is 24.8. The van der Waals surface area contributed by atoms with Crippen LogP contribution >= 0.6 is 0 Å². The maximum absolute atomic E-state index is 10.9. The third-order valence-corrected chi connectivity index (χ3v) is 0.238. The van der Waals surface area contributed by atoms with Gasteiger partial charge in [0.15, 0.2) is 6.79 Å². The highest BCUT2D eigenvalue weighted by Crippen LogP contribution is 2.07. The quantitative estimate of drug-likeness (QED) is 0.475. The Hall–Kier alpha value is -0.260. The summed E-state index contributed by atoms with van der Waals surface area (Å²) in [6.07, 6.45) is -4.20. The third kappa shape index (κ3) is 5.74. The van der Waals surface area contributed by atoms with Crippen molar-refractivity contribution in [1.29, 1.82) is 0 Å². The van der Waals surface area contributed by atoms with Crippen molar-refractivity contribution in [1.82, 2.24) is 0 Å². The molecule has 0 rings (SSSR count). The summed E-state index contributed by atoms with van der Waals surface area (Å²) in [5.74, 6) is 0. The van der Waals surface area contributed by atoms with Crippen molar-refractivity contribution >= 4 is 0 Å². The molecule has 0 amide bonds. The van der Waals surface area contributed by atoms with Crippen LogP contribution in [0.15, 0.2) is 0 Å². The molecule has 7 heavy (non-hydrogen) atoms. The predicted octanol–water partition coefficient (Wildman–Crippen LogP) is -0.505. The van der Waals surface area contributed by atoms with Gasteiger partial charge in [-0.1, -0.05) is 0 Å². The molecule has 0 aliphatic rings. The van der Waals surface area contributed by atoms with E-state index in [9.17, 15) is 8.78 Å². The van der Waals surface area contributed by atoms with E-state index in [1.807, 2.05) is 0 Å². The molecular weight excluding hydrogens is 110 g/mol. The summed E-state index contributed by atoms with van der Waals surface area (Å²) in [4.78, 5) is 0. The molecule has 0 fully saturated rings. The smallest absolute Gasteiger partial charge is 0.370 e. The third-order valence-electron chi connectivity index (χ3n) is 0.238. The first-order chi connectivity index (χ1) is 3.06. The molecule has 0 aromatic rings. The molecule has 0 aromatic carbocycles. The van der Waals surface area contributed by atoms with Crippen molar-refractivity contribution in [2.24, 2.45) is 0 Å². The summed E-state index contributed by atoms with van der Waals surface area (Å²) in [7, 11) is 0. The number of alkyl halides is 2. The Labute approximate surface area is 38.1 Å². The van der Waals surface area contributed by atoms with Crippen LogP contribution in [0.2, 0.25) is 0 Å². The van der Waals surface area contributed by atoms with Crippen molar-refractivity contribution in [2.45, 2.75) is 6.29 Å². The molecule has 0 radical (unpaired) electrons. The highest BCUT2D eigenvalue weighted by Gasteiger charge is 2.24. The molecule has 44 valence electrons. The van der Waals surface area contributed by atoms with E-state index in [1.165, 1.54) is 0 Å². The van der Waals surface area contributed by atoms with E-state index >= 15 is 0 Å². The van der Waals surface area contributed by atoms with Gasteiger partial charge in [0.05, 0.1) is 0 Å². The van der Waals surface area contributed by atoms with Crippen LogP contribution in [0.3, 0.4) is 0 Å². The first-order valence-electron chi connectivity index (χ1n) is 1.41. The van der Waals surface area contributed by atoms with Gasteiger partial charge in [-0.25, -0.2) is 0 Å². The molecule has 0 aromatic heterocycles. The fraction of sp³-hybridized carbons (Fsp3) is 1.00. The van der Waals surface area contributed by atoms with Gasteiger partial charge in [-0.3, -0.25) is 4.74 Å². The lowest BCUT2D eigenvalue weighted by Gasteiger charge is -2.03. The first kappa shape index (κ1) is 6.74. The Bertz CT molecular complexity index is 49.4. The zero-order valence-corrected chi connectivity index (χ0v) is 3.27. The van der Waals surface area contributed by atoms with Crippen molar-refractivity contribution in [2.75, 3.05) is 6.79 Å². The van der Waals surface area contributed by atoms with E-state index in [-0.39, 0.29) is 0 Å². The van der Waals surface area contributed by atoms with Gasteiger partial charge in [0.1, 0.15) is 0 Å². The van der Waals surface area contributed by atoms with E-state index in [1.54, 1.807) is 0 Å². The molecular formula is C2H4F2O3. The summed E-state index contributed by atoms with van der Waals surface area (Å²) in [6, 6.07) is 0. The number of aliphatic hydroxyl groups is 2. The molecule has 0 bridgehead atoms. The van der Waals surface area contributed by atoms with Gasteiger partial charge in [-0.2, -0.15) is 0 Å². The second kappa shape index (κ2) is 2.15. The van der Waals surface area contributed by atoms with Crippen LogP contribution in [0.5, 0.6) is 0 Å². The van der Waals surface area contributed by atoms with E-state index in [4.69, 9.17) is 10.2 Å². The highest BCUT2D eigenvalue weighted by atomic mass is 19.3. The largest absolute Gasteiger partial charge is 0.484 e. The number of hydrogen-bond acceptors (Lipinski definition) is 3. The zero-order chi connectivity index (χ0) is 5.91. The number of aliphatic hydroxyl groups excluding tert-OH is 1. The number of rotatable bonds is 2. The minimum Gasteiger partial charge on any atom is -0.370 e. The molecule has 0 heterocycles. The fourth-order valence-electron chi connectivity index (χ4n) is 0.0777. The molecule has 0 aliphatic heterocycles. The van der Waals surface area contributed by atoms with Gasteiger partial charge in [0.25, 0.3) is 0 Å². The lowest BCUT2D eigenvalue weighted by Crippen LogP contribution is -2.19. The lowest BCUT2D eigenvalue weighted by molar-refractivity contribution is -0.387. The van der Waals surface area contributed by atoms with E-state index in [0.717, 1.165) is 0 Å². The SMILES string of the molecule is OCOC(O)(F)F. The highest BCUT2D eigenvalue weighted by molar-refractivity contribution is 4.15. The van der Waals surface area contributed by atoms with Crippen LogP contribution in [0.25, 0.3) is 0 Å². The molecule has 5 heteroatoms. The first-order valence-corrected chi connectivity index (χ1v) is 1.41. The van der Waals surface area contributed by atoms with Crippen molar-refractivity contribution in [3.05, 3.63) is 0 Å². The molecule has 3 nitrogen and oxygen atoms in total. The molecule has 0 atom stereocenters. The summed E-state index contributed by atoms with van der Waals surface area (Å²) in [6.45, 7) is -1.19. The molecule has 0 unspecified atom stereocenters. The van der Waals surface area contributed by atoms with Gasteiger partial charge in [0, 0.05) is 0 Å². The van der Waals surface area contributed by atoms with Crippen LogP contribution in [-0.4, -0.2) is 23.3 Å². The molecule has 0 saturated carbocycles. The predicted molar refractivity (Wildman–Crippen MR) is 15.3 cm³/mol. The van der Waals surface area contributed by atoms with Crippen molar-refractivity contribution < 1.29 is 23.7 Å². The Kier molecular flexibility index (Phi) is 2.07. The van der Waals surface area contributed by atoms with E-state index in [0.29, 0.717) is 0 Å². The molecule has 0 aliphatic carbocycles. The van der Waals surface area contributed by atoms with Gasteiger partial charge >= 0.3 is 6.29 Å². The minimum absolute atomic E-state index is 1.19. The Balaban J connectivity index is 3.15. The number of hydrogen-bond donors (Lipinski definition) is 2. The van der Waals surface area contributed by atoms with Crippen LogP contribution in [0.4, 0.5) is 8.78 Å². The van der Waals surface area contributed by atoms with Crippen LogP contribution in [0.1, 0.15) is 0 Å².